The topological polar surface area (TPSA) is 195 Å². The number of carbonyl (C=O) groups is 2. The van der Waals surface area contributed by atoms with Gasteiger partial charge in [-0.3, -0.25) is 9.59 Å². The van der Waals surface area contributed by atoms with Gasteiger partial charge in [-0.25, -0.2) is 24.5 Å². The molecule has 4 rings (SSSR count). The van der Waals surface area contributed by atoms with Crippen LogP contribution in [0.3, 0.4) is 0 Å². The Morgan fingerprint density at radius 1 is 0.947 bits per heavy atom. The van der Waals surface area contributed by atoms with Crippen LogP contribution in [0.25, 0.3) is 0 Å². The summed E-state index contributed by atoms with van der Waals surface area (Å²) in [5, 5.41) is 8.35. The Kier molecular flexibility index (Phi) is 12.7. The number of H-pyrrole nitrogens is 2. The SMILES string of the molecule is CCOC(=O)c1ccc(Nc2nccs2)[nH]c1=O.CCOC(=O)c1cnc(SC)[nH]c1=O.Nc1nccs1. The van der Waals surface area contributed by atoms with Gasteiger partial charge in [-0.05, 0) is 32.2 Å². The van der Waals surface area contributed by atoms with Crippen LogP contribution < -0.4 is 22.2 Å². The molecule has 0 aliphatic rings. The summed E-state index contributed by atoms with van der Waals surface area (Å²) in [6.07, 6.45) is 6.34. The predicted octanol–water partition coefficient (Wildman–Crippen LogP) is 3.15. The van der Waals surface area contributed by atoms with Gasteiger partial charge in [0.1, 0.15) is 16.9 Å². The number of nitrogen functional groups attached to an aromatic ring is 1. The fraction of sp³-hybridized carbons (Fsp3) is 0.227. The highest BCUT2D eigenvalue weighted by Gasteiger charge is 2.13. The highest BCUT2D eigenvalue weighted by Crippen LogP contribution is 2.15. The van der Waals surface area contributed by atoms with Crippen LogP contribution in [0.2, 0.25) is 0 Å². The summed E-state index contributed by atoms with van der Waals surface area (Å²) in [7, 11) is 0. The Labute approximate surface area is 228 Å². The first kappa shape index (κ1) is 30.2. The largest absolute Gasteiger partial charge is 0.462 e. The maximum Gasteiger partial charge on any atom is 0.345 e. The number of rotatable bonds is 7. The van der Waals surface area contributed by atoms with Crippen LogP contribution in [0.1, 0.15) is 34.6 Å². The van der Waals surface area contributed by atoms with E-state index < -0.39 is 23.1 Å². The number of anilines is 3. The number of thiazole rings is 2. The van der Waals surface area contributed by atoms with Crippen LogP contribution in [0.4, 0.5) is 16.1 Å². The normalized spacial score (nSPS) is 9.76. The van der Waals surface area contributed by atoms with Crippen molar-refractivity contribution in [2.24, 2.45) is 0 Å². The fourth-order valence-corrected chi connectivity index (χ4v) is 3.66. The standard InChI is InChI=1S/C11H11N3O3S.C8H10N2O3S.C3H4N2S/c1-2-17-10(16)7-3-4-8(13-9(7)15)14-11-12-5-6-18-11;1-3-13-7(12)5-4-9-8(14-2)10-6(5)11;4-3-5-1-2-6-3/h3-6H,2H2,1H3,(H2,12,13,14,15);4H,3H2,1-2H3,(H,9,10,11);1-2H,(H2,4,5). The van der Waals surface area contributed by atoms with Crippen molar-refractivity contribution in [1.82, 2.24) is 24.9 Å². The van der Waals surface area contributed by atoms with Gasteiger partial charge in [0, 0.05) is 29.4 Å². The lowest BCUT2D eigenvalue weighted by Gasteiger charge is -2.04. The van der Waals surface area contributed by atoms with Gasteiger partial charge in [-0.15, -0.1) is 22.7 Å². The second kappa shape index (κ2) is 16.0. The maximum atomic E-state index is 11.7. The molecule has 13 nitrogen and oxygen atoms in total. The minimum atomic E-state index is -0.645. The monoisotopic (exact) mass is 579 g/mol. The second-order valence-corrected chi connectivity index (χ2v) is 9.14. The van der Waals surface area contributed by atoms with Crippen molar-refractivity contribution in [3.05, 3.63) is 73.3 Å². The molecule has 0 aliphatic heterocycles. The van der Waals surface area contributed by atoms with Crippen molar-refractivity contribution in [3.63, 3.8) is 0 Å². The van der Waals surface area contributed by atoms with E-state index >= 15 is 0 Å². The number of nitrogens with one attached hydrogen (secondary N) is 3. The lowest BCUT2D eigenvalue weighted by atomic mass is 10.3. The second-order valence-electron chi connectivity index (χ2n) is 6.52. The van der Waals surface area contributed by atoms with Gasteiger partial charge in [0.05, 0.1) is 13.2 Å². The molecule has 0 saturated carbocycles. The molecule has 16 heteroatoms. The number of aromatic amines is 2. The molecule has 4 aromatic heterocycles. The zero-order chi connectivity index (χ0) is 27.9. The zero-order valence-electron chi connectivity index (χ0n) is 20.5. The van der Waals surface area contributed by atoms with Crippen molar-refractivity contribution in [2.45, 2.75) is 19.0 Å². The molecule has 0 radical (unpaired) electrons. The summed E-state index contributed by atoms with van der Waals surface area (Å²) in [5.74, 6) is -0.795. The number of ether oxygens (including phenoxy) is 2. The van der Waals surface area contributed by atoms with E-state index in [9.17, 15) is 19.2 Å². The van der Waals surface area contributed by atoms with E-state index in [4.69, 9.17) is 10.5 Å². The maximum absolute atomic E-state index is 11.7. The van der Waals surface area contributed by atoms with Crippen LogP contribution in [0.15, 0.2) is 56.2 Å². The minimum Gasteiger partial charge on any atom is -0.462 e. The molecule has 202 valence electrons. The number of thioether (sulfide) groups is 1. The summed E-state index contributed by atoms with van der Waals surface area (Å²) in [4.78, 5) is 62.2. The Hall–Kier alpha value is -4.02. The van der Waals surface area contributed by atoms with Crippen molar-refractivity contribution in [3.8, 4) is 0 Å². The number of esters is 2. The Balaban J connectivity index is 0.000000224. The summed E-state index contributed by atoms with van der Waals surface area (Å²) in [6, 6.07) is 3.02. The Morgan fingerprint density at radius 2 is 1.58 bits per heavy atom. The highest BCUT2D eigenvalue weighted by molar-refractivity contribution is 7.98. The molecule has 0 spiro atoms. The van der Waals surface area contributed by atoms with E-state index in [1.54, 1.807) is 38.6 Å². The first-order valence-electron chi connectivity index (χ1n) is 10.8. The fourth-order valence-electron chi connectivity index (χ4n) is 2.39. The average Bonchev–Trinajstić information content (AvgIpc) is 3.59. The average molecular weight is 580 g/mol. The molecule has 4 aromatic rings. The van der Waals surface area contributed by atoms with E-state index in [2.05, 4.69) is 35.0 Å². The summed E-state index contributed by atoms with van der Waals surface area (Å²) in [5.41, 5.74) is 4.15. The lowest BCUT2D eigenvalue weighted by molar-refractivity contribution is 0.0514. The minimum absolute atomic E-state index is 0.0125. The van der Waals surface area contributed by atoms with Gasteiger partial charge in [-0.2, -0.15) is 0 Å². The molecule has 5 N–H and O–H groups in total. The number of pyridine rings is 1. The highest BCUT2D eigenvalue weighted by atomic mass is 32.2. The molecule has 0 bridgehead atoms. The van der Waals surface area contributed by atoms with E-state index in [1.807, 2.05) is 10.8 Å². The Morgan fingerprint density at radius 3 is 2.05 bits per heavy atom. The van der Waals surface area contributed by atoms with Crippen LogP contribution in [-0.2, 0) is 9.47 Å². The molecule has 38 heavy (non-hydrogen) atoms. The van der Waals surface area contributed by atoms with E-state index in [0.29, 0.717) is 21.2 Å². The molecular formula is C22H25N7O6S3. The smallest absolute Gasteiger partial charge is 0.345 e. The third-order valence-corrected chi connectivity index (χ3v) is 5.88. The number of hydrogen-bond acceptors (Lipinski definition) is 14. The lowest BCUT2D eigenvalue weighted by Crippen LogP contribution is -2.20. The molecule has 0 unspecified atom stereocenters. The van der Waals surface area contributed by atoms with Crippen LogP contribution in [0, 0.1) is 0 Å². The quantitative estimate of drug-likeness (QED) is 0.142. The third-order valence-electron chi connectivity index (χ3n) is 3.99. The van der Waals surface area contributed by atoms with Gasteiger partial charge < -0.3 is 30.5 Å². The van der Waals surface area contributed by atoms with Crippen molar-refractivity contribution in [1.29, 1.82) is 0 Å². The number of nitrogens with zero attached hydrogens (tertiary/aromatic N) is 3. The van der Waals surface area contributed by atoms with E-state index in [0.717, 1.165) is 0 Å². The molecule has 0 aliphatic carbocycles. The van der Waals surface area contributed by atoms with Gasteiger partial charge >= 0.3 is 11.9 Å². The molecule has 0 fully saturated rings. The Bertz CT molecular complexity index is 1410. The number of nitrogens with two attached hydrogens (primary N) is 1. The first-order valence-corrected chi connectivity index (χ1v) is 13.8. The summed E-state index contributed by atoms with van der Waals surface area (Å²) in [6.45, 7) is 3.83. The van der Waals surface area contributed by atoms with Crippen molar-refractivity contribution < 1.29 is 19.1 Å². The zero-order valence-corrected chi connectivity index (χ0v) is 23.0. The van der Waals surface area contributed by atoms with Crippen LogP contribution >= 0.6 is 34.4 Å². The number of hydrogen-bond donors (Lipinski definition) is 4. The van der Waals surface area contributed by atoms with Gasteiger partial charge in [-0.1, -0.05) is 11.8 Å². The number of carbonyl (C=O) groups excluding carboxylic acids is 2. The molecule has 4 heterocycles. The summed E-state index contributed by atoms with van der Waals surface area (Å²) < 4.78 is 9.44. The molecular weight excluding hydrogens is 554 g/mol. The third kappa shape index (κ3) is 9.79. The van der Waals surface area contributed by atoms with Gasteiger partial charge in [0.15, 0.2) is 15.4 Å². The molecule has 0 amide bonds. The van der Waals surface area contributed by atoms with E-state index in [1.165, 1.54) is 46.7 Å². The van der Waals surface area contributed by atoms with Gasteiger partial charge in [0.2, 0.25) is 0 Å². The van der Waals surface area contributed by atoms with Crippen molar-refractivity contribution in [2.75, 3.05) is 30.5 Å². The predicted molar refractivity (Wildman–Crippen MR) is 148 cm³/mol. The molecule has 0 atom stereocenters. The number of aromatic nitrogens is 5. The molecule has 0 saturated heterocycles. The van der Waals surface area contributed by atoms with Crippen LogP contribution in [-0.4, -0.2) is 56.3 Å². The van der Waals surface area contributed by atoms with E-state index in [-0.39, 0.29) is 24.3 Å². The van der Waals surface area contributed by atoms with Gasteiger partial charge in [0.25, 0.3) is 11.1 Å². The summed E-state index contributed by atoms with van der Waals surface area (Å²) >= 11 is 4.15. The van der Waals surface area contributed by atoms with Crippen molar-refractivity contribution >= 4 is 62.5 Å². The first-order chi connectivity index (χ1) is 18.3. The van der Waals surface area contributed by atoms with Crippen LogP contribution in [0.5, 0.6) is 0 Å². The molecule has 0 aromatic carbocycles.